The molecule has 134 valence electrons. The highest BCUT2D eigenvalue weighted by atomic mass is 16.3. The first-order chi connectivity index (χ1) is 11.6. The molecule has 0 spiro atoms. The summed E-state index contributed by atoms with van der Waals surface area (Å²) in [4.78, 5) is 9.13. The smallest absolute Gasteiger partial charge is 0.131 e. The third kappa shape index (κ3) is 4.32. The summed E-state index contributed by atoms with van der Waals surface area (Å²) in [7, 11) is 0. The highest BCUT2D eigenvalue weighted by Gasteiger charge is 2.42. The summed E-state index contributed by atoms with van der Waals surface area (Å²) in [5.41, 5.74) is 1.04. The first kappa shape index (κ1) is 17.8. The third-order valence-corrected chi connectivity index (χ3v) is 5.51. The SMILES string of the molecule is CC(C)CCN[C@@H]1C[C@@H](O)[C@H](CO)[C@H]1Cc1ccnc(C2CC2)n1. The van der Waals surface area contributed by atoms with E-state index in [-0.39, 0.29) is 24.5 Å². The van der Waals surface area contributed by atoms with Gasteiger partial charge in [-0.25, -0.2) is 9.97 Å². The van der Waals surface area contributed by atoms with Gasteiger partial charge < -0.3 is 15.5 Å². The second-order valence-electron chi connectivity index (χ2n) is 7.94. The molecule has 24 heavy (non-hydrogen) atoms. The molecule has 0 aromatic carbocycles. The lowest BCUT2D eigenvalue weighted by Gasteiger charge is -2.25. The minimum atomic E-state index is -0.429. The minimum absolute atomic E-state index is 0.0365. The van der Waals surface area contributed by atoms with Gasteiger partial charge >= 0.3 is 0 Å². The molecule has 3 rings (SSSR count). The average Bonchev–Trinajstić information content (AvgIpc) is 3.34. The molecule has 0 radical (unpaired) electrons. The van der Waals surface area contributed by atoms with Crippen LogP contribution in [0.5, 0.6) is 0 Å². The first-order valence-electron chi connectivity index (χ1n) is 9.42. The third-order valence-electron chi connectivity index (χ3n) is 5.51. The molecule has 1 aromatic heterocycles. The fraction of sp³-hybridized carbons (Fsp3) is 0.789. The molecule has 0 saturated heterocycles. The lowest BCUT2D eigenvalue weighted by molar-refractivity contribution is 0.0716. The van der Waals surface area contributed by atoms with Crippen molar-refractivity contribution >= 4 is 0 Å². The summed E-state index contributed by atoms with van der Waals surface area (Å²) >= 11 is 0. The monoisotopic (exact) mass is 333 g/mol. The molecular formula is C19H31N3O2. The molecule has 2 fully saturated rings. The van der Waals surface area contributed by atoms with Crippen LogP contribution in [0, 0.1) is 17.8 Å². The van der Waals surface area contributed by atoms with Gasteiger partial charge in [-0.15, -0.1) is 0 Å². The van der Waals surface area contributed by atoms with Crippen LogP contribution in [0.3, 0.4) is 0 Å². The second-order valence-corrected chi connectivity index (χ2v) is 7.94. The maximum Gasteiger partial charge on any atom is 0.131 e. The van der Waals surface area contributed by atoms with Crippen molar-refractivity contribution in [3.8, 4) is 0 Å². The fourth-order valence-electron chi connectivity index (χ4n) is 3.84. The Balaban J connectivity index is 1.67. The van der Waals surface area contributed by atoms with Crippen molar-refractivity contribution in [2.75, 3.05) is 13.2 Å². The lowest BCUT2D eigenvalue weighted by atomic mass is 9.88. The Morgan fingerprint density at radius 3 is 2.75 bits per heavy atom. The van der Waals surface area contributed by atoms with Gasteiger partial charge in [-0.1, -0.05) is 13.8 Å². The molecule has 0 unspecified atom stereocenters. The zero-order valence-corrected chi connectivity index (χ0v) is 14.9. The van der Waals surface area contributed by atoms with E-state index >= 15 is 0 Å². The molecule has 3 N–H and O–H groups in total. The van der Waals surface area contributed by atoms with Gasteiger partial charge in [0, 0.05) is 36.4 Å². The van der Waals surface area contributed by atoms with Gasteiger partial charge in [-0.05, 0) is 56.6 Å². The van der Waals surface area contributed by atoms with Crippen molar-refractivity contribution in [2.45, 2.75) is 64.0 Å². The van der Waals surface area contributed by atoms with E-state index in [4.69, 9.17) is 4.98 Å². The number of nitrogens with one attached hydrogen (secondary N) is 1. The van der Waals surface area contributed by atoms with E-state index in [9.17, 15) is 10.2 Å². The molecule has 2 saturated carbocycles. The molecule has 0 bridgehead atoms. The van der Waals surface area contributed by atoms with Crippen molar-refractivity contribution < 1.29 is 10.2 Å². The van der Waals surface area contributed by atoms with Crippen molar-refractivity contribution in [3.63, 3.8) is 0 Å². The highest BCUT2D eigenvalue weighted by Crippen LogP contribution is 2.38. The van der Waals surface area contributed by atoms with Crippen LogP contribution in [-0.2, 0) is 6.42 Å². The predicted octanol–water partition coefficient (Wildman–Crippen LogP) is 1.89. The number of aliphatic hydroxyl groups is 2. The molecule has 1 aromatic rings. The number of hydrogen-bond acceptors (Lipinski definition) is 5. The van der Waals surface area contributed by atoms with Crippen LogP contribution in [0.4, 0.5) is 0 Å². The topological polar surface area (TPSA) is 78.3 Å². The molecule has 0 amide bonds. The minimum Gasteiger partial charge on any atom is -0.396 e. The zero-order chi connectivity index (χ0) is 17.1. The van der Waals surface area contributed by atoms with Crippen molar-refractivity contribution in [1.29, 1.82) is 0 Å². The average molecular weight is 333 g/mol. The summed E-state index contributed by atoms with van der Waals surface area (Å²) in [6.07, 6.45) is 6.47. The molecular weight excluding hydrogens is 302 g/mol. The summed E-state index contributed by atoms with van der Waals surface area (Å²) < 4.78 is 0. The molecule has 1 heterocycles. The van der Waals surface area contributed by atoms with Gasteiger partial charge in [0.05, 0.1) is 6.10 Å². The maximum atomic E-state index is 10.3. The largest absolute Gasteiger partial charge is 0.396 e. The van der Waals surface area contributed by atoms with Gasteiger partial charge in [0.25, 0.3) is 0 Å². The normalized spacial score (nSPS) is 30.2. The van der Waals surface area contributed by atoms with E-state index in [1.165, 1.54) is 12.8 Å². The van der Waals surface area contributed by atoms with Gasteiger partial charge in [0.2, 0.25) is 0 Å². The Bertz CT molecular complexity index is 533. The molecule has 5 nitrogen and oxygen atoms in total. The molecule has 2 aliphatic carbocycles. The summed E-state index contributed by atoms with van der Waals surface area (Å²) in [5.74, 6) is 2.34. The molecule has 5 heteroatoms. The summed E-state index contributed by atoms with van der Waals surface area (Å²) in [6, 6.07) is 2.23. The first-order valence-corrected chi connectivity index (χ1v) is 9.42. The lowest BCUT2D eigenvalue weighted by Crippen LogP contribution is -2.37. The number of aromatic nitrogens is 2. The Morgan fingerprint density at radius 1 is 1.29 bits per heavy atom. The Kier molecular flexibility index (Phi) is 5.85. The number of rotatable bonds is 8. The van der Waals surface area contributed by atoms with Crippen molar-refractivity contribution in [1.82, 2.24) is 15.3 Å². The standard InChI is InChI=1S/C19H31N3O2/c1-12(2)5-7-20-17-10-18(24)16(11-23)15(17)9-14-6-8-21-19(22-14)13-3-4-13/h6,8,12-13,15-18,20,23-24H,3-5,7,9-11H2,1-2H3/t15-,16-,17-,18-/m1/s1. The van der Waals surface area contributed by atoms with Gasteiger partial charge in [-0.3, -0.25) is 0 Å². The van der Waals surface area contributed by atoms with E-state index in [0.717, 1.165) is 30.9 Å². The number of hydrogen-bond donors (Lipinski definition) is 3. The van der Waals surface area contributed by atoms with Crippen LogP contribution < -0.4 is 5.32 Å². The van der Waals surface area contributed by atoms with Crippen LogP contribution in [-0.4, -0.2) is 45.5 Å². The van der Waals surface area contributed by atoms with Crippen LogP contribution in [0.15, 0.2) is 12.3 Å². The van der Waals surface area contributed by atoms with Crippen LogP contribution in [0.25, 0.3) is 0 Å². The van der Waals surface area contributed by atoms with Gasteiger partial charge in [-0.2, -0.15) is 0 Å². The van der Waals surface area contributed by atoms with Crippen molar-refractivity contribution in [3.05, 3.63) is 23.8 Å². The number of nitrogens with zero attached hydrogens (tertiary/aromatic N) is 2. The Morgan fingerprint density at radius 2 is 2.08 bits per heavy atom. The predicted molar refractivity (Wildman–Crippen MR) is 93.6 cm³/mol. The van der Waals surface area contributed by atoms with E-state index in [1.807, 2.05) is 12.3 Å². The Labute approximate surface area is 144 Å². The fourth-order valence-corrected chi connectivity index (χ4v) is 3.84. The molecule has 2 aliphatic rings. The quantitative estimate of drug-likeness (QED) is 0.677. The summed E-state index contributed by atoms with van der Waals surface area (Å²) in [5, 5.41) is 23.7. The van der Waals surface area contributed by atoms with Gasteiger partial charge in [0.15, 0.2) is 0 Å². The molecule has 4 atom stereocenters. The van der Waals surface area contributed by atoms with Crippen LogP contribution in [0.1, 0.15) is 57.0 Å². The van der Waals surface area contributed by atoms with Gasteiger partial charge in [0.1, 0.15) is 5.82 Å². The van der Waals surface area contributed by atoms with E-state index in [0.29, 0.717) is 18.3 Å². The van der Waals surface area contributed by atoms with E-state index in [1.54, 1.807) is 0 Å². The van der Waals surface area contributed by atoms with Crippen LogP contribution in [0.2, 0.25) is 0 Å². The maximum absolute atomic E-state index is 10.3. The summed E-state index contributed by atoms with van der Waals surface area (Å²) in [6.45, 7) is 5.44. The Hall–Kier alpha value is -1.04. The zero-order valence-electron chi connectivity index (χ0n) is 14.9. The van der Waals surface area contributed by atoms with Crippen LogP contribution >= 0.6 is 0 Å². The van der Waals surface area contributed by atoms with E-state index in [2.05, 4.69) is 24.1 Å². The van der Waals surface area contributed by atoms with E-state index < -0.39 is 6.10 Å². The second kappa shape index (κ2) is 7.89. The van der Waals surface area contributed by atoms with Crippen molar-refractivity contribution in [2.24, 2.45) is 17.8 Å². The highest BCUT2D eigenvalue weighted by molar-refractivity contribution is 5.12. The molecule has 0 aliphatic heterocycles. The number of aliphatic hydroxyl groups excluding tert-OH is 2.